The molecule has 0 fully saturated rings. The van der Waals surface area contributed by atoms with Gasteiger partial charge >= 0.3 is 6.18 Å². The van der Waals surface area contributed by atoms with Crippen LogP contribution in [0, 0.1) is 24.7 Å². The lowest BCUT2D eigenvalue weighted by Crippen LogP contribution is -2.13. The number of nitrogens with zero attached hydrogens (tertiary/aromatic N) is 2. The number of halogens is 4. The predicted molar refractivity (Wildman–Crippen MR) is 105 cm³/mol. The molecule has 0 spiro atoms. The predicted octanol–water partition coefficient (Wildman–Crippen LogP) is 4.92. The molecule has 9 heteroatoms. The van der Waals surface area contributed by atoms with E-state index in [1.807, 2.05) is 0 Å². The summed E-state index contributed by atoms with van der Waals surface area (Å²) in [5.74, 6) is 1.73. The molecule has 0 bridgehead atoms. The van der Waals surface area contributed by atoms with Gasteiger partial charge < -0.3 is 0 Å². The average Bonchev–Trinajstić information content (AvgIpc) is 3.03. The summed E-state index contributed by atoms with van der Waals surface area (Å²) in [5.41, 5.74) is -1.06. The molecule has 3 rings (SSSR count). The Balaban J connectivity index is 2.37. The Labute approximate surface area is 171 Å². The smallest absolute Gasteiger partial charge is 0.224 e. The summed E-state index contributed by atoms with van der Waals surface area (Å²) in [4.78, 5) is 0.0120. The van der Waals surface area contributed by atoms with E-state index in [0.29, 0.717) is 4.68 Å². The van der Waals surface area contributed by atoms with Crippen LogP contribution in [-0.2, 0) is 16.0 Å². The van der Waals surface area contributed by atoms with Gasteiger partial charge in [0.2, 0.25) is 0 Å². The van der Waals surface area contributed by atoms with Crippen molar-refractivity contribution in [2.24, 2.45) is 0 Å². The molecule has 0 saturated heterocycles. The van der Waals surface area contributed by atoms with E-state index in [-0.39, 0.29) is 32.8 Å². The molecule has 30 heavy (non-hydrogen) atoms. The van der Waals surface area contributed by atoms with Crippen molar-refractivity contribution in [2.45, 2.75) is 24.9 Å². The number of alkyl halides is 3. The van der Waals surface area contributed by atoms with E-state index in [0.717, 1.165) is 12.3 Å². The molecule has 0 N–H and O–H groups in total. The Kier molecular flexibility index (Phi) is 5.48. The number of aryl methyl sites for hydroxylation is 1. The summed E-state index contributed by atoms with van der Waals surface area (Å²) in [6.45, 7) is 2.87. The molecular formula is C21H16F4N2O2S. The Bertz CT molecular complexity index is 1280. The van der Waals surface area contributed by atoms with E-state index in [4.69, 9.17) is 0 Å². The zero-order chi connectivity index (χ0) is 22.3. The second kappa shape index (κ2) is 7.61. The van der Waals surface area contributed by atoms with Gasteiger partial charge in [0, 0.05) is 23.4 Å². The standard InChI is InChI=1S/C21H16F4N2O2S/c1-4-11-27-20(21(23,24)25)18(15-6-5-13(2)17(22)12-15)19(26-27)14-7-9-16(10-8-14)30(3,28)29/h5-10,12H,1-3H3. The minimum Gasteiger partial charge on any atom is -0.224 e. The molecule has 0 unspecified atom stereocenters. The van der Waals surface area contributed by atoms with E-state index >= 15 is 0 Å². The summed E-state index contributed by atoms with van der Waals surface area (Å²) >= 11 is 0. The van der Waals surface area contributed by atoms with Crippen molar-refractivity contribution in [1.29, 1.82) is 0 Å². The van der Waals surface area contributed by atoms with Crippen molar-refractivity contribution in [1.82, 2.24) is 9.78 Å². The van der Waals surface area contributed by atoms with Gasteiger partial charge in [0.15, 0.2) is 15.5 Å². The fraction of sp³-hybridized carbons (Fsp3) is 0.190. The molecule has 0 aliphatic heterocycles. The van der Waals surface area contributed by atoms with Crippen molar-refractivity contribution < 1.29 is 26.0 Å². The molecule has 1 aromatic heterocycles. The number of aromatic nitrogens is 2. The number of rotatable bonds is 3. The van der Waals surface area contributed by atoms with Crippen LogP contribution in [0.15, 0.2) is 47.4 Å². The van der Waals surface area contributed by atoms with Gasteiger partial charge in [-0.25, -0.2) is 12.8 Å². The van der Waals surface area contributed by atoms with Gasteiger partial charge in [-0.05, 0) is 43.2 Å². The molecule has 0 amide bonds. The maximum atomic E-state index is 14.2. The van der Waals surface area contributed by atoms with Gasteiger partial charge in [-0.2, -0.15) is 23.0 Å². The second-order valence-corrected chi connectivity index (χ2v) is 8.62. The van der Waals surface area contributed by atoms with Gasteiger partial charge in [-0.3, -0.25) is 0 Å². The molecule has 2 aromatic carbocycles. The van der Waals surface area contributed by atoms with Crippen LogP contribution in [0.4, 0.5) is 17.6 Å². The highest BCUT2D eigenvalue weighted by molar-refractivity contribution is 7.90. The van der Waals surface area contributed by atoms with Crippen molar-refractivity contribution in [3.8, 4) is 34.3 Å². The summed E-state index contributed by atoms with van der Waals surface area (Å²) in [5, 5.41) is 4.01. The molecule has 1 heterocycles. The highest BCUT2D eigenvalue weighted by Gasteiger charge is 2.41. The number of hydrogen-bond acceptors (Lipinski definition) is 3. The highest BCUT2D eigenvalue weighted by Crippen LogP contribution is 2.42. The van der Waals surface area contributed by atoms with E-state index in [2.05, 4.69) is 17.1 Å². The lowest BCUT2D eigenvalue weighted by molar-refractivity contribution is -0.142. The van der Waals surface area contributed by atoms with Gasteiger partial charge in [0.25, 0.3) is 0 Å². The zero-order valence-electron chi connectivity index (χ0n) is 16.2. The number of hydrogen-bond donors (Lipinski definition) is 0. The molecule has 4 nitrogen and oxygen atoms in total. The van der Waals surface area contributed by atoms with E-state index < -0.39 is 27.5 Å². The van der Waals surface area contributed by atoms with Crippen LogP contribution in [0.2, 0.25) is 0 Å². The molecule has 0 aliphatic carbocycles. The van der Waals surface area contributed by atoms with Crippen LogP contribution in [0.3, 0.4) is 0 Å². The largest absolute Gasteiger partial charge is 0.434 e. The molecule has 3 aromatic rings. The van der Waals surface area contributed by atoms with Crippen LogP contribution >= 0.6 is 0 Å². The lowest BCUT2D eigenvalue weighted by atomic mass is 9.97. The van der Waals surface area contributed by atoms with Crippen LogP contribution in [0.1, 0.15) is 18.2 Å². The first-order chi connectivity index (χ1) is 13.9. The SMILES string of the molecule is CC#Cn1nc(-c2ccc(S(C)(=O)=O)cc2)c(-c2ccc(C)c(F)c2)c1C(F)(F)F. The van der Waals surface area contributed by atoms with Crippen LogP contribution in [0.25, 0.3) is 22.4 Å². The van der Waals surface area contributed by atoms with Crippen LogP contribution < -0.4 is 0 Å². The van der Waals surface area contributed by atoms with Gasteiger partial charge in [-0.1, -0.05) is 30.2 Å². The van der Waals surface area contributed by atoms with Crippen molar-refractivity contribution >= 4 is 9.84 Å². The van der Waals surface area contributed by atoms with Crippen molar-refractivity contribution in [2.75, 3.05) is 6.26 Å². The average molecular weight is 436 g/mol. The molecule has 0 atom stereocenters. The summed E-state index contributed by atoms with van der Waals surface area (Å²) in [6, 6.07) is 11.3. The Hall–Kier alpha value is -3.12. The molecule has 0 radical (unpaired) electrons. The highest BCUT2D eigenvalue weighted by atomic mass is 32.2. The summed E-state index contributed by atoms with van der Waals surface area (Å²) in [6.07, 6.45) is -3.80. The molecule has 156 valence electrons. The lowest BCUT2D eigenvalue weighted by Gasteiger charge is -2.11. The number of sulfone groups is 1. The second-order valence-electron chi connectivity index (χ2n) is 6.60. The first-order valence-corrected chi connectivity index (χ1v) is 10.5. The normalized spacial score (nSPS) is 11.8. The van der Waals surface area contributed by atoms with E-state index in [1.165, 1.54) is 50.2 Å². The third kappa shape index (κ3) is 4.09. The topological polar surface area (TPSA) is 52.0 Å². The zero-order valence-corrected chi connectivity index (χ0v) is 17.0. The van der Waals surface area contributed by atoms with Gasteiger partial charge in [-0.15, -0.1) is 0 Å². The Morgan fingerprint density at radius 3 is 2.13 bits per heavy atom. The first kappa shape index (κ1) is 21.6. The van der Waals surface area contributed by atoms with Crippen LogP contribution in [0.5, 0.6) is 0 Å². The summed E-state index contributed by atoms with van der Waals surface area (Å²) in [7, 11) is -3.49. The molecule has 0 aliphatic rings. The molecular weight excluding hydrogens is 420 g/mol. The fourth-order valence-corrected chi connectivity index (χ4v) is 3.58. The summed E-state index contributed by atoms with van der Waals surface area (Å²) < 4.78 is 79.9. The van der Waals surface area contributed by atoms with Gasteiger partial charge in [0.1, 0.15) is 11.5 Å². The Morgan fingerprint density at radius 1 is 1.03 bits per heavy atom. The van der Waals surface area contributed by atoms with E-state index in [9.17, 15) is 26.0 Å². The molecule has 0 saturated carbocycles. The van der Waals surface area contributed by atoms with Gasteiger partial charge in [0.05, 0.1) is 4.90 Å². The maximum Gasteiger partial charge on any atom is 0.434 e. The third-order valence-electron chi connectivity index (χ3n) is 4.39. The fourth-order valence-electron chi connectivity index (χ4n) is 2.95. The minimum absolute atomic E-state index is 0.0120. The van der Waals surface area contributed by atoms with Crippen molar-refractivity contribution in [3.63, 3.8) is 0 Å². The monoisotopic (exact) mass is 436 g/mol. The quantitative estimate of drug-likeness (QED) is 0.433. The Morgan fingerprint density at radius 2 is 1.63 bits per heavy atom. The maximum absolute atomic E-state index is 14.2. The van der Waals surface area contributed by atoms with E-state index in [1.54, 1.807) is 0 Å². The minimum atomic E-state index is -4.82. The number of benzene rings is 2. The third-order valence-corrected chi connectivity index (χ3v) is 5.52. The first-order valence-electron chi connectivity index (χ1n) is 8.63. The van der Waals surface area contributed by atoms with Crippen molar-refractivity contribution in [3.05, 3.63) is 59.5 Å². The van der Waals surface area contributed by atoms with Crippen LogP contribution in [-0.4, -0.2) is 24.5 Å².